The summed E-state index contributed by atoms with van der Waals surface area (Å²) in [4.78, 5) is 19.7. The van der Waals surface area contributed by atoms with E-state index in [2.05, 4.69) is 5.32 Å². The van der Waals surface area contributed by atoms with Crippen LogP contribution in [-0.4, -0.2) is 35.3 Å². The fraction of sp³-hybridized carbons (Fsp3) is 0.235. The van der Waals surface area contributed by atoms with Crippen LogP contribution in [-0.2, 0) is 11.3 Å². The quantitative estimate of drug-likeness (QED) is 0.608. The molecule has 0 aliphatic carbocycles. The highest BCUT2D eigenvalue weighted by Gasteiger charge is 2.38. The Morgan fingerprint density at radius 2 is 1.78 bits per heavy atom. The molecule has 3 rings (SSSR count). The average molecular weight is 384 g/mol. The van der Waals surface area contributed by atoms with Gasteiger partial charge in [-0.25, -0.2) is 4.79 Å². The molecule has 144 valence electrons. The molecule has 0 fully saturated rings. The Morgan fingerprint density at radius 3 is 2.41 bits per heavy atom. The second-order valence-corrected chi connectivity index (χ2v) is 5.40. The van der Waals surface area contributed by atoms with Gasteiger partial charge in [-0.1, -0.05) is 30.3 Å². The van der Waals surface area contributed by atoms with E-state index in [1.807, 2.05) is 18.2 Å². The molecule has 1 aliphatic rings. The van der Waals surface area contributed by atoms with Gasteiger partial charge in [0, 0.05) is 30.3 Å². The molecule has 7 nitrogen and oxygen atoms in total. The lowest BCUT2D eigenvalue weighted by atomic mass is 10.00. The van der Waals surface area contributed by atoms with Crippen LogP contribution < -0.4 is 10.1 Å². The lowest BCUT2D eigenvalue weighted by Crippen LogP contribution is -2.21. The minimum atomic E-state index is -5.08. The molecular weight excluding hydrogens is 369 g/mol. The molecule has 0 aromatic heterocycles. The van der Waals surface area contributed by atoms with Crippen LogP contribution in [0.3, 0.4) is 0 Å². The van der Waals surface area contributed by atoms with Gasteiger partial charge in [0.1, 0.15) is 12.4 Å². The van der Waals surface area contributed by atoms with E-state index >= 15 is 0 Å². The first-order chi connectivity index (χ1) is 12.7. The number of halogens is 3. The van der Waals surface area contributed by atoms with E-state index in [-0.39, 0.29) is 10.6 Å². The summed E-state index contributed by atoms with van der Waals surface area (Å²) in [6.07, 6.45) is -5.08. The molecule has 1 heterocycles. The third-order valence-electron chi connectivity index (χ3n) is 3.57. The normalized spacial score (nSPS) is 13.3. The number of carboxylic acid groups (broad SMARTS) is 1. The number of ether oxygens (including phenoxy) is 1. The van der Waals surface area contributed by atoms with E-state index in [4.69, 9.17) is 14.6 Å². The molecule has 1 aliphatic heterocycles. The van der Waals surface area contributed by atoms with E-state index in [0.29, 0.717) is 18.7 Å². The van der Waals surface area contributed by atoms with Gasteiger partial charge in [0.25, 0.3) is 5.69 Å². The predicted molar refractivity (Wildman–Crippen MR) is 89.4 cm³/mol. The number of aliphatic carboxylic acids is 1. The van der Waals surface area contributed by atoms with Gasteiger partial charge in [0.15, 0.2) is 0 Å². The number of rotatable bonds is 2. The molecule has 0 saturated carbocycles. The molecule has 0 bridgehead atoms. The van der Waals surface area contributed by atoms with E-state index in [9.17, 15) is 23.3 Å². The maximum Gasteiger partial charge on any atom is 0.490 e. The van der Waals surface area contributed by atoms with Gasteiger partial charge in [-0.3, -0.25) is 10.1 Å². The lowest BCUT2D eigenvalue weighted by Gasteiger charge is -2.12. The van der Waals surface area contributed by atoms with Gasteiger partial charge in [0.2, 0.25) is 0 Å². The van der Waals surface area contributed by atoms with E-state index in [0.717, 1.165) is 23.4 Å². The molecule has 10 heteroatoms. The molecule has 2 aromatic rings. The summed E-state index contributed by atoms with van der Waals surface area (Å²) in [7, 11) is 0. The molecule has 27 heavy (non-hydrogen) atoms. The maximum absolute atomic E-state index is 11.2. The van der Waals surface area contributed by atoms with Crippen molar-refractivity contribution >= 4 is 11.7 Å². The third kappa shape index (κ3) is 5.17. The number of hydrogen-bond donors (Lipinski definition) is 2. The molecular formula is C17H15F3N2O5. The number of para-hydroxylation sites is 2. The number of nitrogens with zero attached hydrogens (tertiary/aromatic N) is 1. The Bertz CT molecular complexity index is 840. The number of alkyl halides is 3. The van der Waals surface area contributed by atoms with Crippen molar-refractivity contribution in [2.45, 2.75) is 12.7 Å². The first kappa shape index (κ1) is 20.2. The first-order valence-electron chi connectivity index (χ1n) is 7.71. The van der Waals surface area contributed by atoms with Crippen LogP contribution in [0.5, 0.6) is 5.75 Å². The molecule has 0 atom stereocenters. The Hall–Kier alpha value is -3.14. The molecule has 2 aromatic carbocycles. The fourth-order valence-corrected chi connectivity index (χ4v) is 2.42. The molecule has 0 amide bonds. The minimum Gasteiger partial charge on any atom is -0.491 e. The van der Waals surface area contributed by atoms with Crippen molar-refractivity contribution in [1.82, 2.24) is 5.32 Å². The molecule has 0 saturated heterocycles. The Labute approximate surface area is 151 Å². The molecule has 2 N–H and O–H groups in total. The van der Waals surface area contributed by atoms with E-state index < -0.39 is 12.1 Å². The van der Waals surface area contributed by atoms with Crippen LogP contribution in [0.1, 0.15) is 5.56 Å². The highest BCUT2D eigenvalue weighted by Crippen LogP contribution is 2.38. The average Bonchev–Trinajstić information content (AvgIpc) is 2.86. The number of benzene rings is 2. The Morgan fingerprint density at radius 1 is 1.15 bits per heavy atom. The number of nitro groups is 1. The van der Waals surface area contributed by atoms with Crippen molar-refractivity contribution in [3.05, 3.63) is 58.1 Å². The second kappa shape index (κ2) is 8.49. The molecule has 0 unspecified atom stereocenters. The first-order valence-corrected chi connectivity index (χ1v) is 7.71. The largest absolute Gasteiger partial charge is 0.491 e. The summed E-state index contributed by atoms with van der Waals surface area (Å²) in [5.41, 5.74) is 2.50. The monoisotopic (exact) mass is 384 g/mol. The fourth-order valence-electron chi connectivity index (χ4n) is 2.42. The van der Waals surface area contributed by atoms with Crippen LogP contribution in [0, 0.1) is 10.1 Å². The second-order valence-electron chi connectivity index (χ2n) is 5.40. The van der Waals surface area contributed by atoms with Crippen molar-refractivity contribution < 1.29 is 32.7 Å². The van der Waals surface area contributed by atoms with Crippen LogP contribution in [0.25, 0.3) is 11.1 Å². The summed E-state index contributed by atoms with van der Waals surface area (Å²) in [6.45, 7) is 2.04. The van der Waals surface area contributed by atoms with Crippen molar-refractivity contribution in [2.24, 2.45) is 0 Å². The van der Waals surface area contributed by atoms with Crippen LogP contribution in [0.4, 0.5) is 18.9 Å². The van der Waals surface area contributed by atoms with Gasteiger partial charge in [-0.2, -0.15) is 13.2 Å². The summed E-state index contributed by atoms with van der Waals surface area (Å²) >= 11 is 0. The number of hydrogen-bond acceptors (Lipinski definition) is 5. The van der Waals surface area contributed by atoms with Crippen molar-refractivity contribution in [2.75, 3.05) is 13.2 Å². The minimum absolute atomic E-state index is 0.0988. The molecule has 0 radical (unpaired) electrons. The summed E-state index contributed by atoms with van der Waals surface area (Å²) < 4.78 is 37.5. The van der Waals surface area contributed by atoms with Gasteiger partial charge in [-0.15, -0.1) is 0 Å². The maximum atomic E-state index is 11.2. The zero-order valence-electron chi connectivity index (χ0n) is 13.8. The number of nitro benzene ring substituents is 1. The van der Waals surface area contributed by atoms with E-state index in [1.165, 1.54) is 6.07 Å². The summed E-state index contributed by atoms with van der Waals surface area (Å²) in [5.74, 6) is -2.01. The van der Waals surface area contributed by atoms with Crippen molar-refractivity contribution in [3.63, 3.8) is 0 Å². The summed E-state index contributed by atoms with van der Waals surface area (Å²) in [6, 6.07) is 12.5. The predicted octanol–water partition coefficient (Wildman–Crippen LogP) is 3.38. The topological polar surface area (TPSA) is 102 Å². The van der Waals surface area contributed by atoms with Crippen molar-refractivity contribution in [3.8, 4) is 16.9 Å². The van der Waals surface area contributed by atoms with Crippen LogP contribution in [0.2, 0.25) is 0 Å². The highest BCUT2D eigenvalue weighted by molar-refractivity contribution is 5.79. The number of nitrogens with one attached hydrogen (secondary N) is 1. The standard InChI is InChI=1S/C15H14N2O3.C2HF3O2/c18-17(19)14-7-2-1-5-12(14)13-6-3-4-11-10-16-8-9-20-15(11)13;3-2(4,5)1(6)7/h1-7,16H,8-10H2;(H,6,7). The van der Waals surface area contributed by atoms with Crippen LogP contribution in [0.15, 0.2) is 42.5 Å². The van der Waals surface area contributed by atoms with Crippen LogP contribution >= 0.6 is 0 Å². The number of carbonyl (C=O) groups is 1. The van der Waals surface area contributed by atoms with Gasteiger partial charge in [-0.05, 0) is 6.07 Å². The Balaban J connectivity index is 0.000000321. The lowest BCUT2D eigenvalue weighted by molar-refractivity contribution is -0.384. The molecule has 0 spiro atoms. The highest BCUT2D eigenvalue weighted by atomic mass is 19.4. The smallest absolute Gasteiger partial charge is 0.490 e. The zero-order valence-corrected chi connectivity index (χ0v) is 13.8. The van der Waals surface area contributed by atoms with Gasteiger partial charge in [0.05, 0.1) is 10.5 Å². The SMILES string of the molecule is O=C(O)C(F)(F)F.O=[N+]([O-])c1ccccc1-c1cccc2c1OCCNC2. The summed E-state index contributed by atoms with van der Waals surface area (Å²) in [5, 5.41) is 21.6. The third-order valence-corrected chi connectivity index (χ3v) is 3.57. The van der Waals surface area contributed by atoms with Crippen molar-refractivity contribution in [1.29, 1.82) is 0 Å². The Kier molecular flexibility index (Phi) is 6.35. The number of fused-ring (bicyclic) bond motifs is 1. The number of carboxylic acids is 1. The van der Waals surface area contributed by atoms with Gasteiger partial charge < -0.3 is 15.2 Å². The van der Waals surface area contributed by atoms with E-state index in [1.54, 1.807) is 18.2 Å². The van der Waals surface area contributed by atoms with Gasteiger partial charge >= 0.3 is 12.1 Å². The zero-order chi connectivity index (χ0) is 20.0.